The van der Waals surface area contributed by atoms with Crippen molar-refractivity contribution in [2.24, 2.45) is 5.73 Å². The molecule has 0 saturated heterocycles. The van der Waals surface area contributed by atoms with Crippen LogP contribution in [0.2, 0.25) is 0 Å². The highest BCUT2D eigenvalue weighted by atomic mass is 32.2. The molecular weight excluding hydrogens is 174 g/mol. The van der Waals surface area contributed by atoms with E-state index < -0.39 is 6.04 Å². The zero-order valence-electron chi connectivity index (χ0n) is 7.71. The maximum atomic E-state index is 11.1. The van der Waals surface area contributed by atoms with E-state index in [9.17, 15) is 4.79 Å². The average molecular weight is 191 g/mol. The molecule has 0 heterocycles. The molecule has 1 unspecified atom stereocenters. The van der Waals surface area contributed by atoms with Crippen LogP contribution in [-0.2, 0) is 9.53 Å². The first kappa shape index (κ1) is 11.8. The molecule has 4 heteroatoms. The van der Waals surface area contributed by atoms with E-state index in [0.29, 0.717) is 13.0 Å². The molecule has 0 aliphatic rings. The Kier molecular flexibility index (Phi) is 7.29. The van der Waals surface area contributed by atoms with Crippen molar-refractivity contribution >= 4 is 17.7 Å². The van der Waals surface area contributed by atoms with E-state index >= 15 is 0 Å². The highest BCUT2D eigenvalue weighted by Gasteiger charge is 2.13. The van der Waals surface area contributed by atoms with Crippen molar-refractivity contribution in [3.63, 3.8) is 0 Å². The first-order valence-electron chi connectivity index (χ1n) is 4.13. The van der Waals surface area contributed by atoms with Gasteiger partial charge in [-0.05, 0) is 24.9 Å². The average Bonchev–Trinajstić information content (AvgIpc) is 2.10. The van der Waals surface area contributed by atoms with Gasteiger partial charge in [0.25, 0.3) is 0 Å². The number of rotatable bonds is 6. The quantitative estimate of drug-likeness (QED) is 0.637. The molecule has 0 rings (SSSR count). The first-order chi connectivity index (χ1) is 5.72. The van der Waals surface area contributed by atoms with Gasteiger partial charge in [-0.1, -0.05) is 6.92 Å². The van der Waals surface area contributed by atoms with Crippen molar-refractivity contribution in [1.29, 1.82) is 0 Å². The van der Waals surface area contributed by atoms with Crippen molar-refractivity contribution < 1.29 is 9.53 Å². The highest BCUT2D eigenvalue weighted by Crippen LogP contribution is 2.00. The molecule has 0 amide bonds. The van der Waals surface area contributed by atoms with E-state index in [1.165, 1.54) is 0 Å². The second kappa shape index (κ2) is 7.43. The van der Waals surface area contributed by atoms with Crippen molar-refractivity contribution in [3.05, 3.63) is 0 Å². The third kappa shape index (κ3) is 5.43. The van der Waals surface area contributed by atoms with Crippen LogP contribution in [0.1, 0.15) is 19.8 Å². The Morgan fingerprint density at radius 1 is 1.67 bits per heavy atom. The normalized spacial score (nSPS) is 12.6. The predicted molar refractivity (Wildman–Crippen MR) is 52.2 cm³/mol. The van der Waals surface area contributed by atoms with Gasteiger partial charge in [-0.3, -0.25) is 4.79 Å². The molecule has 0 aliphatic heterocycles. The Labute approximate surface area is 78.0 Å². The van der Waals surface area contributed by atoms with E-state index in [0.717, 1.165) is 12.2 Å². The Hall–Kier alpha value is -0.220. The highest BCUT2D eigenvalue weighted by molar-refractivity contribution is 7.98. The van der Waals surface area contributed by atoms with Crippen LogP contribution in [0, 0.1) is 0 Å². The van der Waals surface area contributed by atoms with E-state index in [4.69, 9.17) is 10.5 Å². The summed E-state index contributed by atoms with van der Waals surface area (Å²) in [5.41, 5.74) is 5.56. The molecule has 1 atom stereocenters. The fraction of sp³-hybridized carbons (Fsp3) is 0.875. The lowest BCUT2D eigenvalue weighted by Crippen LogP contribution is -2.32. The number of thioether (sulfide) groups is 1. The fourth-order valence-electron chi connectivity index (χ4n) is 0.672. The Balaban J connectivity index is 3.47. The second-order valence-electron chi connectivity index (χ2n) is 2.56. The van der Waals surface area contributed by atoms with E-state index in [2.05, 4.69) is 0 Å². The summed E-state index contributed by atoms with van der Waals surface area (Å²) in [6.45, 7) is 2.44. The van der Waals surface area contributed by atoms with E-state index in [-0.39, 0.29) is 5.97 Å². The lowest BCUT2D eigenvalue weighted by molar-refractivity contribution is -0.145. The molecule has 0 aromatic rings. The van der Waals surface area contributed by atoms with Crippen molar-refractivity contribution in [1.82, 2.24) is 0 Å². The molecule has 2 N–H and O–H groups in total. The van der Waals surface area contributed by atoms with Crippen LogP contribution in [0.3, 0.4) is 0 Å². The van der Waals surface area contributed by atoms with Gasteiger partial charge >= 0.3 is 5.97 Å². The largest absolute Gasteiger partial charge is 0.465 e. The minimum atomic E-state index is -0.441. The van der Waals surface area contributed by atoms with Gasteiger partial charge in [-0.25, -0.2) is 0 Å². The lowest BCUT2D eigenvalue weighted by Gasteiger charge is -2.09. The molecule has 3 nitrogen and oxygen atoms in total. The van der Waals surface area contributed by atoms with Gasteiger partial charge in [-0.15, -0.1) is 0 Å². The van der Waals surface area contributed by atoms with Crippen LogP contribution in [0.4, 0.5) is 0 Å². The third-order valence-corrected chi connectivity index (χ3v) is 2.03. The summed E-state index contributed by atoms with van der Waals surface area (Å²) >= 11 is 1.68. The summed E-state index contributed by atoms with van der Waals surface area (Å²) in [6, 6.07) is -0.441. The van der Waals surface area contributed by atoms with Crippen molar-refractivity contribution in [2.45, 2.75) is 25.8 Å². The standard InChI is InChI=1S/C8H17NO2S/c1-3-5-11-8(10)7(9)4-6-12-2/h7H,3-6,9H2,1-2H3. The van der Waals surface area contributed by atoms with Gasteiger partial charge in [-0.2, -0.15) is 11.8 Å². The molecular formula is C8H17NO2S. The first-order valence-corrected chi connectivity index (χ1v) is 5.53. The summed E-state index contributed by atoms with van der Waals surface area (Å²) in [6.07, 6.45) is 3.54. The molecule has 72 valence electrons. The van der Waals surface area contributed by atoms with Gasteiger partial charge in [0.1, 0.15) is 6.04 Å². The summed E-state index contributed by atoms with van der Waals surface area (Å²) in [7, 11) is 0. The van der Waals surface area contributed by atoms with Crippen molar-refractivity contribution in [3.8, 4) is 0 Å². The van der Waals surface area contributed by atoms with Crippen molar-refractivity contribution in [2.75, 3.05) is 18.6 Å². The number of hydrogen-bond donors (Lipinski definition) is 1. The molecule has 0 aromatic heterocycles. The Morgan fingerprint density at radius 2 is 2.33 bits per heavy atom. The number of carbonyl (C=O) groups is 1. The maximum Gasteiger partial charge on any atom is 0.322 e. The minimum Gasteiger partial charge on any atom is -0.465 e. The summed E-state index contributed by atoms with van der Waals surface area (Å²) in [5.74, 6) is 0.633. The number of esters is 1. The molecule has 0 radical (unpaired) electrons. The zero-order valence-corrected chi connectivity index (χ0v) is 8.52. The topological polar surface area (TPSA) is 52.3 Å². The Morgan fingerprint density at radius 3 is 2.83 bits per heavy atom. The maximum absolute atomic E-state index is 11.1. The van der Waals surface area contributed by atoms with Crippen LogP contribution in [0.5, 0.6) is 0 Å². The summed E-state index contributed by atoms with van der Waals surface area (Å²) < 4.78 is 4.88. The molecule has 0 spiro atoms. The molecule has 12 heavy (non-hydrogen) atoms. The lowest BCUT2D eigenvalue weighted by atomic mass is 10.2. The zero-order chi connectivity index (χ0) is 9.40. The fourth-order valence-corrected chi connectivity index (χ4v) is 1.16. The Bertz CT molecular complexity index is 130. The molecule has 0 saturated carbocycles. The van der Waals surface area contributed by atoms with Gasteiger partial charge in [0, 0.05) is 0 Å². The number of carbonyl (C=O) groups excluding carboxylic acids is 1. The van der Waals surface area contributed by atoms with Crippen LogP contribution in [0.15, 0.2) is 0 Å². The second-order valence-corrected chi connectivity index (χ2v) is 3.54. The third-order valence-electron chi connectivity index (χ3n) is 1.38. The summed E-state index contributed by atoms with van der Waals surface area (Å²) in [4.78, 5) is 11.1. The minimum absolute atomic E-state index is 0.272. The molecule has 0 bridgehead atoms. The predicted octanol–water partition coefficient (Wildman–Crippen LogP) is 1.02. The number of hydrogen-bond acceptors (Lipinski definition) is 4. The van der Waals surface area contributed by atoms with Crippen LogP contribution >= 0.6 is 11.8 Å². The molecule has 0 aromatic carbocycles. The van der Waals surface area contributed by atoms with Crippen LogP contribution in [-0.4, -0.2) is 30.6 Å². The smallest absolute Gasteiger partial charge is 0.322 e. The van der Waals surface area contributed by atoms with Gasteiger partial charge in [0.2, 0.25) is 0 Å². The monoisotopic (exact) mass is 191 g/mol. The summed E-state index contributed by atoms with van der Waals surface area (Å²) in [5, 5.41) is 0. The van der Waals surface area contributed by atoms with Crippen LogP contribution < -0.4 is 5.73 Å². The van der Waals surface area contributed by atoms with Crippen LogP contribution in [0.25, 0.3) is 0 Å². The van der Waals surface area contributed by atoms with E-state index in [1.807, 2.05) is 13.2 Å². The SMILES string of the molecule is CCCOC(=O)C(N)CCSC. The molecule has 0 aliphatic carbocycles. The number of nitrogens with two attached hydrogens (primary N) is 1. The number of ether oxygens (including phenoxy) is 1. The van der Waals surface area contributed by atoms with Gasteiger partial charge in [0.05, 0.1) is 6.61 Å². The van der Waals surface area contributed by atoms with E-state index in [1.54, 1.807) is 11.8 Å². The molecule has 0 fully saturated rings. The van der Waals surface area contributed by atoms with Gasteiger partial charge in [0.15, 0.2) is 0 Å². The van der Waals surface area contributed by atoms with Gasteiger partial charge < -0.3 is 10.5 Å².